The third kappa shape index (κ3) is 3.75. The Kier molecular flexibility index (Phi) is 4.61. The van der Waals surface area contributed by atoms with E-state index in [4.69, 9.17) is 4.52 Å². The fourth-order valence-corrected chi connectivity index (χ4v) is 3.57. The Morgan fingerprint density at radius 2 is 2.17 bits per heavy atom. The molecule has 24 heavy (non-hydrogen) atoms. The second-order valence-electron chi connectivity index (χ2n) is 7.21. The summed E-state index contributed by atoms with van der Waals surface area (Å²) in [6.45, 7) is 3.21. The number of hydrogen-bond donors (Lipinski definition) is 0. The van der Waals surface area contributed by atoms with E-state index in [0.717, 1.165) is 5.69 Å². The summed E-state index contributed by atoms with van der Waals surface area (Å²) in [4.78, 5) is 17.7. The molecule has 134 valence electrons. The first kappa shape index (κ1) is 17.3. The first-order valence-electron chi connectivity index (χ1n) is 8.22. The average molecular weight is 342 g/mol. The molecular formula is C16H24F2N4O2. The Bertz CT molecular complexity index is 599. The van der Waals surface area contributed by atoms with Crippen LogP contribution in [-0.2, 0) is 11.2 Å². The largest absolute Gasteiger partial charge is 0.361 e. The number of likely N-dealkylation sites (tertiary alicyclic amines) is 2. The van der Waals surface area contributed by atoms with Crippen molar-refractivity contribution in [1.82, 2.24) is 19.9 Å². The minimum Gasteiger partial charge on any atom is -0.361 e. The van der Waals surface area contributed by atoms with Crippen LogP contribution in [-0.4, -0.2) is 84.0 Å². The van der Waals surface area contributed by atoms with Gasteiger partial charge in [-0.1, -0.05) is 5.16 Å². The lowest BCUT2D eigenvalue weighted by molar-refractivity contribution is -0.138. The standard InChI is InChI=1S/C16H24F2N4O2/c1-11-4-14(24-19-11)5-15(23)21-8-13(9-21)22-10-16(17,18)6-12(22)7-20(2)3/h4,12-13H,5-10H2,1-3H3/t12-/m0/s1. The molecule has 1 amide bonds. The van der Waals surface area contributed by atoms with E-state index in [-0.39, 0.29) is 37.4 Å². The van der Waals surface area contributed by atoms with E-state index in [0.29, 0.717) is 25.4 Å². The Morgan fingerprint density at radius 1 is 1.46 bits per heavy atom. The van der Waals surface area contributed by atoms with Gasteiger partial charge in [-0.15, -0.1) is 0 Å². The highest BCUT2D eigenvalue weighted by Crippen LogP contribution is 2.35. The molecule has 3 rings (SSSR count). The van der Waals surface area contributed by atoms with Crippen molar-refractivity contribution in [2.75, 3.05) is 40.3 Å². The van der Waals surface area contributed by atoms with Crippen molar-refractivity contribution in [3.63, 3.8) is 0 Å². The summed E-state index contributed by atoms with van der Waals surface area (Å²) in [5.74, 6) is -2.14. The van der Waals surface area contributed by atoms with E-state index < -0.39 is 5.92 Å². The lowest BCUT2D eigenvalue weighted by Crippen LogP contribution is -2.63. The molecule has 8 heteroatoms. The van der Waals surface area contributed by atoms with Crippen LogP contribution in [0.2, 0.25) is 0 Å². The number of rotatable bonds is 5. The monoisotopic (exact) mass is 342 g/mol. The molecule has 1 atom stereocenters. The van der Waals surface area contributed by atoms with Gasteiger partial charge in [0.25, 0.3) is 5.92 Å². The van der Waals surface area contributed by atoms with Crippen molar-refractivity contribution in [3.05, 3.63) is 17.5 Å². The second-order valence-corrected chi connectivity index (χ2v) is 7.21. The van der Waals surface area contributed by atoms with E-state index >= 15 is 0 Å². The van der Waals surface area contributed by atoms with Crippen LogP contribution in [0.15, 0.2) is 10.6 Å². The Morgan fingerprint density at radius 3 is 2.75 bits per heavy atom. The number of halogens is 2. The molecule has 1 aromatic heterocycles. The first-order chi connectivity index (χ1) is 11.2. The van der Waals surface area contributed by atoms with Gasteiger partial charge < -0.3 is 14.3 Å². The van der Waals surface area contributed by atoms with Gasteiger partial charge in [0.2, 0.25) is 5.91 Å². The van der Waals surface area contributed by atoms with Gasteiger partial charge in [0, 0.05) is 44.2 Å². The Balaban J connectivity index is 1.54. The molecule has 0 unspecified atom stereocenters. The number of nitrogens with zero attached hydrogens (tertiary/aromatic N) is 4. The zero-order valence-corrected chi connectivity index (χ0v) is 14.3. The maximum atomic E-state index is 13.8. The van der Waals surface area contributed by atoms with Crippen LogP contribution in [0.3, 0.4) is 0 Å². The van der Waals surface area contributed by atoms with Crippen LogP contribution in [0.4, 0.5) is 8.78 Å². The number of hydrogen-bond acceptors (Lipinski definition) is 5. The molecule has 3 heterocycles. The van der Waals surface area contributed by atoms with Gasteiger partial charge in [-0.05, 0) is 21.0 Å². The summed E-state index contributed by atoms with van der Waals surface area (Å²) in [6.07, 6.45) is 0.0673. The van der Waals surface area contributed by atoms with E-state index in [9.17, 15) is 13.6 Å². The smallest absolute Gasteiger partial charge is 0.262 e. The van der Waals surface area contributed by atoms with Gasteiger partial charge in [0.05, 0.1) is 18.7 Å². The molecule has 2 fully saturated rings. The van der Waals surface area contributed by atoms with Crippen molar-refractivity contribution in [1.29, 1.82) is 0 Å². The molecule has 0 bridgehead atoms. The van der Waals surface area contributed by atoms with Gasteiger partial charge in [-0.3, -0.25) is 9.69 Å². The highest BCUT2D eigenvalue weighted by Gasteiger charge is 2.50. The number of likely N-dealkylation sites (N-methyl/N-ethyl adjacent to an activating group) is 1. The summed E-state index contributed by atoms with van der Waals surface area (Å²) < 4.78 is 32.7. The van der Waals surface area contributed by atoms with Crippen LogP contribution in [0.5, 0.6) is 0 Å². The number of carbonyl (C=O) groups excluding carboxylic acids is 1. The predicted octanol–water partition coefficient (Wildman–Crippen LogP) is 1.01. The summed E-state index contributed by atoms with van der Waals surface area (Å²) in [7, 11) is 3.79. The summed E-state index contributed by atoms with van der Waals surface area (Å²) in [5.41, 5.74) is 0.741. The van der Waals surface area contributed by atoms with Crippen molar-refractivity contribution in [2.24, 2.45) is 0 Å². The van der Waals surface area contributed by atoms with Crippen molar-refractivity contribution < 1.29 is 18.1 Å². The van der Waals surface area contributed by atoms with Gasteiger partial charge in [0.1, 0.15) is 5.76 Å². The predicted molar refractivity (Wildman–Crippen MR) is 83.9 cm³/mol. The van der Waals surface area contributed by atoms with Crippen LogP contribution in [0, 0.1) is 6.92 Å². The SMILES string of the molecule is Cc1cc(CC(=O)N2CC(N3CC(F)(F)C[C@H]3CN(C)C)C2)on1. The number of aromatic nitrogens is 1. The lowest BCUT2D eigenvalue weighted by Gasteiger charge is -2.46. The van der Waals surface area contributed by atoms with Gasteiger partial charge in [-0.2, -0.15) is 0 Å². The molecule has 0 N–H and O–H groups in total. The quantitative estimate of drug-likeness (QED) is 0.799. The minimum absolute atomic E-state index is 0.0173. The molecule has 0 aliphatic carbocycles. The van der Waals surface area contributed by atoms with Crippen LogP contribution in [0.25, 0.3) is 0 Å². The van der Waals surface area contributed by atoms with Crippen LogP contribution < -0.4 is 0 Å². The van der Waals surface area contributed by atoms with Crippen molar-refractivity contribution >= 4 is 5.91 Å². The maximum Gasteiger partial charge on any atom is 0.262 e. The third-order valence-electron chi connectivity index (χ3n) is 4.68. The highest BCUT2D eigenvalue weighted by atomic mass is 19.3. The normalized spacial score (nSPS) is 24.6. The van der Waals surface area contributed by atoms with Gasteiger partial charge in [0.15, 0.2) is 0 Å². The zero-order chi connectivity index (χ0) is 17.5. The number of amides is 1. The molecule has 0 saturated carbocycles. The first-order valence-corrected chi connectivity index (χ1v) is 8.22. The summed E-state index contributed by atoms with van der Waals surface area (Å²) in [6, 6.07) is 1.60. The van der Waals surface area contributed by atoms with E-state index in [1.807, 2.05) is 23.9 Å². The molecule has 6 nitrogen and oxygen atoms in total. The number of carbonyl (C=O) groups is 1. The Labute approximate surface area is 140 Å². The second kappa shape index (κ2) is 6.40. The molecule has 1 aromatic rings. The van der Waals surface area contributed by atoms with E-state index in [2.05, 4.69) is 5.16 Å². The van der Waals surface area contributed by atoms with E-state index in [1.54, 1.807) is 17.9 Å². The highest BCUT2D eigenvalue weighted by molar-refractivity contribution is 5.79. The molecule has 2 saturated heterocycles. The maximum absolute atomic E-state index is 13.8. The molecule has 0 aromatic carbocycles. The molecule has 2 aliphatic rings. The third-order valence-corrected chi connectivity index (χ3v) is 4.68. The van der Waals surface area contributed by atoms with Crippen LogP contribution in [0.1, 0.15) is 17.9 Å². The van der Waals surface area contributed by atoms with E-state index in [1.165, 1.54) is 0 Å². The molecule has 0 radical (unpaired) electrons. The Hall–Kier alpha value is -1.54. The van der Waals surface area contributed by atoms with Crippen molar-refractivity contribution in [3.8, 4) is 0 Å². The number of aryl methyl sites for hydroxylation is 1. The van der Waals surface area contributed by atoms with Crippen molar-refractivity contribution in [2.45, 2.75) is 37.8 Å². The molecule has 2 aliphatic heterocycles. The zero-order valence-electron chi connectivity index (χ0n) is 14.3. The van der Waals surface area contributed by atoms with Gasteiger partial charge >= 0.3 is 0 Å². The molecular weight excluding hydrogens is 318 g/mol. The average Bonchev–Trinajstić information content (AvgIpc) is 2.91. The summed E-state index contributed by atoms with van der Waals surface area (Å²) >= 11 is 0. The van der Waals surface area contributed by atoms with Crippen LogP contribution >= 0.6 is 0 Å². The fourth-order valence-electron chi connectivity index (χ4n) is 3.57. The molecule has 0 spiro atoms. The topological polar surface area (TPSA) is 52.8 Å². The lowest BCUT2D eigenvalue weighted by atomic mass is 10.0. The minimum atomic E-state index is -2.64. The van der Waals surface area contributed by atoms with Gasteiger partial charge in [-0.25, -0.2) is 8.78 Å². The number of alkyl halides is 2. The fraction of sp³-hybridized carbons (Fsp3) is 0.750. The summed E-state index contributed by atoms with van der Waals surface area (Å²) in [5, 5.41) is 3.76.